The summed E-state index contributed by atoms with van der Waals surface area (Å²) in [6.45, 7) is 4.43. The molecule has 2 aromatic carbocycles. The summed E-state index contributed by atoms with van der Waals surface area (Å²) < 4.78 is 10.8. The minimum Gasteiger partial charge on any atom is -0.493 e. The van der Waals surface area contributed by atoms with Gasteiger partial charge in [0.15, 0.2) is 11.5 Å². The van der Waals surface area contributed by atoms with Crippen molar-refractivity contribution in [3.05, 3.63) is 65.7 Å². The number of benzene rings is 2. The van der Waals surface area contributed by atoms with Crippen LogP contribution >= 0.6 is 0 Å². The second kappa shape index (κ2) is 8.77. The first-order chi connectivity index (χ1) is 11.6. The minimum absolute atomic E-state index is 0.0433. The molecule has 0 aromatic heterocycles. The molecule has 2 aromatic rings. The molecule has 0 heterocycles. The highest BCUT2D eigenvalue weighted by Gasteiger charge is 2.07. The predicted molar refractivity (Wildman–Crippen MR) is 96.2 cm³/mol. The van der Waals surface area contributed by atoms with Crippen LogP contribution < -0.4 is 14.8 Å². The molecular weight excluding hydrogens is 302 g/mol. The number of amides is 1. The normalized spacial score (nSPS) is 12.0. The first kappa shape index (κ1) is 17.6. The van der Waals surface area contributed by atoms with Crippen molar-refractivity contribution >= 4 is 12.0 Å². The van der Waals surface area contributed by atoms with Crippen molar-refractivity contribution in [3.8, 4) is 11.5 Å². The molecule has 0 fully saturated rings. The minimum atomic E-state index is -0.139. The van der Waals surface area contributed by atoms with Crippen LogP contribution in [0.1, 0.15) is 31.0 Å². The van der Waals surface area contributed by atoms with Crippen LogP contribution in [0.3, 0.4) is 0 Å². The first-order valence-corrected chi connectivity index (χ1v) is 7.98. The van der Waals surface area contributed by atoms with Crippen LogP contribution in [0.15, 0.2) is 54.6 Å². The van der Waals surface area contributed by atoms with E-state index in [1.54, 1.807) is 13.2 Å². The molecule has 126 valence electrons. The fourth-order valence-corrected chi connectivity index (χ4v) is 2.32. The Hall–Kier alpha value is -2.75. The van der Waals surface area contributed by atoms with Crippen molar-refractivity contribution in [2.45, 2.75) is 19.9 Å². The molecule has 1 N–H and O–H groups in total. The molecule has 4 heteroatoms. The topological polar surface area (TPSA) is 47.6 Å². The molecule has 0 aliphatic carbocycles. The van der Waals surface area contributed by atoms with Crippen molar-refractivity contribution < 1.29 is 14.3 Å². The monoisotopic (exact) mass is 325 g/mol. The van der Waals surface area contributed by atoms with Crippen molar-refractivity contribution in [2.75, 3.05) is 13.7 Å². The molecule has 0 radical (unpaired) electrons. The molecule has 0 spiro atoms. The molecule has 24 heavy (non-hydrogen) atoms. The summed E-state index contributed by atoms with van der Waals surface area (Å²) >= 11 is 0. The number of carbonyl (C=O) groups excluding carboxylic acids is 1. The fourth-order valence-electron chi connectivity index (χ4n) is 2.32. The molecule has 2 rings (SSSR count). The molecule has 1 amide bonds. The molecule has 0 unspecified atom stereocenters. The van der Waals surface area contributed by atoms with Gasteiger partial charge in [0.25, 0.3) is 0 Å². The Morgan fingerprint density at radius 3 is 2.58 bits per heavy atom. The molecule has 0 aliphatic heterocycles. The van der Waals surface area contributed by atoms with E-state index in [4.69, 9.17) is 9.47 Å². The molecular formula is C20H23NO3. The van der Waals surface area contributed by atoms with Gasteiger partial charge in [0, 0.05) is 6.08 Å². The number of rotatable bonds is 7. The Kier molecular flexibility index (Phi) is 6.43. The maximum Gasteiger partial charge on any atom is 0.244 e. The lowest BCUT2D eigenvalue weighted by Gasteiger charge is -2.12. The van der Waals surface area contributed by atoms with E-state index in [0.29, 0.717) is 18.1 Å². The number of hydrogen-bond donors (Lipinski definition) is 1. The Bertz CT molecular complexity index is 695. The third-order valence-corrected chi connectivity index (χ3v) is 3.57. The third-order valence-electron chi connectivity index (χ3n) is 3.57. The van der Waals surface area contributed by atoms with E-state index in [-0.39, 0.29) is 11.9 Å². The van der Waals surface area contributed by atoms with Crippen LogP contribution in [0.4, 0.5) is 0 Å². The second-order valence-electron chi connectivity index (χ2n) is 5.32. The smallest absolute Gasteiger partial charge is 0.244 e. The van der Waals surface area contributed by atoms with Gasteiger partial charge in [0.1, 0.15) is 0 Å². The highest BCUT2D eigenvalue weighted by molar-refractivity contribution is 5.92. The number of ether oxygens (including phenoxy) is 2. The molecule has 0 aliphatic rings. The highest BCUT2D eigenvalue weighted by atomic mass is 16.5. The van der Waals surface area contributed by atoms with Gasteiger partial charge in [-0.15, -0.1) is 0 Å². The van der Waals surface area contributed by atoms with Crippen molar-refractivity contribution in [1.82, 2.24) is 5.32 Å². The zero-order valence-corrected chi connectivity index (χ0v) is 14.3. The van der Waals surface area contributed by atoms with E-state index in [9.17, 15) is 4.79 Å². The van der Waals surface area contributed by atoms with Gasteiger partial charge in [-0.05, 0) is 43.2 Å². The lowest BCUT2D eigenvalue weighted by atomic mass is 10.1. The maximum absolute atomic E-state index is 12.1. The summed E-state index contributed by atoms with van der Waals surface area (Å²) in [5.74, 6) is 1.21. The van der Waals surface area contributed by atoms with Crippen LogP contribution in [0.2, 0.25) is 0 Å². The Labute approximate surface area is 143 Å². The van der Waals surface area contributed by atoms with Crippen LogP contribution in [-0.4, -0.2) is 19.6 Å². The zero-order valence-electron chi connectivity index (χ0n) is 14.3. The summed E-state index contributed by atoms with van der Waals surface area (Å²) in [5.41, 5.74) is 1.95. The molecule has 1 atom stereocenters. The summed E-state index contributed by atoms with van der Waals surface area (Å²) in [6, 6.07) is 15.4. The van der Waals surface area contributed by atoms with E-state index in [1.807, 2.05) is 62.4 Å². The van der Waals surface area contributed by atoms with Gasteiger partial charge in [-0.3, -0.25) is 4.79 Å². The molecule has 0 saturated carbocycles. The van der Waals surface area contributed by atoms with E-state index in [2.05, 4.69) is 5.32 Å². The standard InChI is InChI=1S/C20H23NO3/c1-4-24-19-14-16(10-12-18(19)23-3)11-13-20(22)21-15(2)17-8-6-5-7-9-17/h5-15H,4H2,1-3H3,(H,21,22)/b13-11+/t15-/m0/s1. The predicted octanol–water partition coefficient (Wildman–Crippen LogP) is 3.98. The summed E-state index contributed by atoms with van der Waals surface area (Å²) in [4.78, 5) is 12.1. The Morgan fingerprint density at radius 2 is 1.92 bits per heavy atom. The van der Waals surface area contributed by atoms with E-state index >= 15 is 0 Å². The third kappa shape index (κ3) is 4.88. The van der Waals surface area contributed by atoms with Crippen LogP contribution in [-0.2, 0) is 4.79 Å². The molecule has 0 bridgehead atoms. The highest BCUT2D eigenvalue weighted by Crippen LogP contribution is 2.28. The lowest BCUT2D eigenvalue weighted by molar-refractivity contribution is -0.117. The molecule has 0 saturated heterocycles. The Morgan fingerprint density at radius 1 is 1.17 bits per heavy atom. The second-order valence-corrected chi connectivity index (χ2v) is 5.32. The van der Waals surface area contributed by atoms with Gasteiger partial charge in [-0.1, -0.05) is 36.4 Å². The number of hydrogen-bond acceptors (Lipinski definition) is 3. The van der Waals surface area contributed by atoms with Crippen molar-refractivity contribution in [3.63, 3.8) is 0 Å². The number of nitrogens with one attached hydrogen (secondary N) is 1. The van der Waals surface area contributed by atoms with Crippen LogP contribution in [0.25, 0.3) is 6.08 Å². The van der Waals surface area contributed by atoms with Gasteiger partial charge in [-0.2, -0.15) is 0 Å². The van der Waals surface area contributed by atoms with Gasteiger partial charge >= 0.3 is 0 Å². The zero-order chi connectivity index (χ0) is 17.4. The quantitative estimate of drug-likeness (QED) is 0.783. The van der Waals surface area contributed by atoms with E-state index in [0.717, 1.165) is 11.1 Å². The van der Waals surface area contributed by atoms with Crippen molar-refractivity contribution in [2.24, 2.45) is 0 Å². The average molecular weight is 325 g/mol. The summed E-state index contributed by atoms with van der Waals surface area (Å²) in [5, 5.41) is 2.95. The number of carbonyl (C=O) groups is 1. The first-order valence-electron chi connectivity index (χ1n) is 7.98. The van der Waals surface area contributed by atoms with Crippen molar-refractivity contribution in [1.29, 1.82) is 0 Å². The lowest BCUT2D eigenvalue weighted by Crippen LogP contribution is -2.24. The van der Waals surface area contributed by atoms with Gasteiger partial charge < -0.3 is 14.8 Å². The fraction of sp³-hybridized carbons (Fsp3) is 0.250. The Balaban J connectivity index is 2.02. The van der Waals surface area contributed by atoms with Crippen LogP contribution in [0, 0.1) is 0 Å². The maximum atomic E-state index is 12.1. The van der Waals surface area contributed by atoms with Gasteiger partial charge in [0.05, 0.1) is 19.8 Å². The van der Waals surface area contributed by atoms with Gasteiger partial charge in [-0.25, -0.2) is 0 Å². The van der Waals surface area contributed by atoms with E-state index in [1.165, 1.54) is 6.08 Å². The largest absolute Gasteiger partial charge is 0.493 e. The van der Waals surface area contributed by atoms with Gasteiger partial charge in [0.2, 0.25) is 5.91 Å². The SMILES string of the molecule is CCOc1cc(/C=C/C(=O)N[C@@H](C)c2ccccc2)ccc1OC. The summed E-state index contributed by atoms with van der Waals surface area (Å²) in [6.07, 6.45) is 3.28. The number of methoxy groups -OCH3 is 1. The summed E-state index contributed by atoms with van der Waals surface area (Å²) in [7, 11) is 1.60. The molecule has 4 nitrogen and oxygen atoms in total. The average Bonchev–Trinajstić information content (AvgIpc) is 2.61. The van der Waals surface area contributed by atoms with E-state index < -0.39 is 0 Å². The van der Waals surface area contributed by atoms with Crippen LogP contribution in [0.5, 0.6) is 11.5 Å².